The molecule has 7 nitrogen and oxygen atoms in total. The van der Waals surface area contributed by atoms with Crippen LogP contribution in [0.25, 0.3) is 11.0 Å². The van der Waals surface area contributed by atoms with Gasteiger partial charge in [-0.3, -0.25) is 4.98 Å². The fourth-order valence-electron chi connectivity index (χ4n) is 4.28. The lowest BCUT2D eigenvalue weighted by Crippen LogP contribution is -2.28. The van der Waals surface area contributed by atoms with Gasteiger partial charge in [0.2, 0.25) is 5.13 Å². The number of nitrogens with one attached hydrogen (secondary N) is 1. The van der Waals surface area contributed by atoms with Crippen molar-refractivity contribution in [2.75, 3.05) is 43.4 Å². The van der Waals surface area contributed by atoms with E-state index in [4.69, 9.17) is 4.98 Å². The molecule has 0 spiro atoms. The Labute approximate surface area is 187 Å². The van der Waals surface area contributed by atoms with Gasteiger partial charge in [-0.1, -0.05) is 24.2 Å². The number of halogens is 1. The monoisotopic (exact) mass is 445 g/mol. The maximum atomic E-state index is 4.80. The Morgan fingerprint density at radius 3 is 2.73 bits per heavy atom. The Hall–Kier alpha value is -2.03. The van der Waals surface area contributed by atoms with Crippen LogP contribution in [0.15, 0.2) is 24.4 Å². The average Bonchev–Trinajstić information content (AvgIpc) is 3.37. The molecule has 0 unspecified atom stereocenters. The zero-order chi connectivity index (χ0) is 19.6. The second kappa shape index (κ2) is 9.41. The van der Waals surface area contributed by atoms with E-state index in [1.165, 1.54) is 32.1 Å². The first-order valence-electron chi connectivity index (χ1n) is 10.6. The van der Waals surface area contributed by atoms with Crippen LogP contribution < -0.4 is 10.2 Å². The Morgan fingerprint density at radius 2 is 1.87 bits per heavy atom. The molecule has 3 aromatic rings. The second-order valence-corrected chi connectivity index (χ2v) is 9.13. The summed E-state index contributed by atoms with van der Waals surface area (Å²) in [5.41, 5.74) is 2.97. The van der Waals surface area contributed by atoms with Crippen LogP contribution in [0, 0.1) is 0 Å². The molecule has 1 aliphatic carbocycles. The van der Waals surface area contributed by atoms with Gasteiger partial charge in [0, 0.05) is 25.6 Å². The van der Waals surface area contributed by atoms with Crippen molar-refractivity contribution in [2.45, 2.75) is 38.0 Å². The van der Waals surface area contributed by atoms with E-state index in [-0.39, 0.29) is 12.4 Å². The number of fused-ring (bicyclic) bond motifs is 1. The number of likely N-dealkylation sites (N-methyl/N-ethyl adjacent to an activating group) is 1. The van der Waals surface area contributed by atoms with Gasteiger partial charge in [0.05, 0.1) is 22.9 Å². The van der Waals surface area contributed by atoms with E-state index in [0.717, 1.165) is 58.9 Å². The van der Waals surface area contributed by atoms with Crippen molar-refractivity contribution in [3.8, 4) is 0 Å². The first-order valence-corrected chi connectivity index (χ1v) is 11.4. The number of nitrogens with zero attached hydrogens (tertiary/aromatic N) is 6. The molecule has 1 saturated carbocycles. The molecule has 2 aliphatic rings. The van der Waals surface area contributed by atoms with Gasteiger partial charge in [-0.05, 0) is 51.1 Å². The summed E-state index contributed by atoms with van der Waals surface area (Å²) in [5, 5.41) is 14.0. The average molecular weight is 446 g/mol. The highest BCUT2D eigenvalue weighted by atomic mass is 35.5. The number of rotatable bonds is 4. The van der Waals surface area contributed by atoms with Crippen LogP contribution in [-0.4, -0.2) is 58.3 Å². The minimum absolute atomic E-state index is 0. The summed E-state index contributed by atoms with van der Waals surface area (Å²) in [5.74, 6) is 1.38. The van der Waals surface area contributed by atoms with Crippen molar-refractivity contribution in [1.29, 1.82) is 0 Å². The maximum absolute atomic E-state index is 4.80. The Kier molecular flexibility index (Phi) is 6.65. The fourth-order valence-corrected chi connectivity index (χ4v) is 5.19. The van der Waals surface area contributed by atoms with Crippen LogP contribution in [0.1, 0.15) is 43.0 Å². The first-order chi connectivity index (χ1) is 14.2. The molecular weight excluding hydrogens is 418 g/mol. The van der Waals surface area contributed by atoms with Gasteiger partial charge in [0.25, 0.3) is 0 Å². The van der Waals surface area contributed by atoms with Crippen LogP contribution in [0.5, 0.6) is 0 Å². The van der Waals surface area contributed by atoms with Crippen molar-refractivity contribution in [1.82, 2.24) is 25.1 Å². The number of pyridine rings is 2. The smallest absolute Gasteiger partial charge is 0.211 e. The molecule has 0 bridgehead atoms. The first kappa shape index (κ1) is 21.2. The lowest BCUT2D eigenvalue weighted by molar-refractivity contribution is 0.360. The zero-order valence-corrected chi connectivity index (χ0v) is 18.9. The Balaban J connectivity index is 0.00000218. The Morgan fingerprint density at radius 1 is 1.00 bits per heavy atom. The summed E-state index contributed by atoms with van der Waals surface area (Å²) in [6.07, 6.45) is 8.24. The molecule has 3 aromatic heterocycles. The SMILES string of the molecule is CN1CCCN(c2cnc3ccc(Nc4nnc(C5CCCC5)s4)nc3c2)CC1.Cl. The van der Waals surface area contributed by atoms with E-state index in [2.05, 4.69) is 43.4 Å². The third-order valence-electron chi connectivity index (χ3n) is 5.99. The molecule has 2 fully saturated rings. The molecule has 1 aliphatic heterocycles. The fraction of sp³-hybridized carbons (Fsp3) is 0.524. The Bertz CT molecular complexity index is 988. The highest BCUT2D eigenvalue weighted by molar-refractivity contribution is 7.15. The lowest BCUT2D eigenvalue weighted by Gasteiger charge is -2.22. The van der Waals surface area contributed by atoms with Gasteiger partial charge < -0.3 is 15.1 Å². The van der Waals surface area contributed by atoms with Crippen molar-refractivity contribution in [2.24, 2.45) is 0 Å². The molecule has 0 atom stereocenters. The molecule has 5 rings (SSSR count). The summed E-state index contributed by atoms with van der Waals surface area (Å²) in [6.45, 7) is 4.31. The third kappa shape index (κ3) is 4.66. The van der Waals surface area contributed by atoms with Crippen molar-refractivity contribution in [3.63, 3.8) is 0 Å². The van der Waals surface area contributed by atoms with Crippen LogP contribution in [-0.2, 0) is 0 Å². The van der Waals surface area contributed by atoms with Gasteiger partial charge >= 0.3 is 0 Å². The van der Waals surface area contributed by atoms with Gasteiger partial charge in [0.15, 0.2) is 0 Å². The standard InChI is InChI=1S/C21H27N7S.ClH/c1-27-9-4-10-28(12-11-27)16-13-18-17(22-14-16)7-8-19(23-18)24-21-26-25-20(29-21)15-5-2-3-6-15;/h7-8,13-15H,2-6,9-12H2,1H3,(H,23,24,26);1H. The number of hydrogen-bond donors (Lipinski definition) is 1. The summed E-state index contributed by atoms with van der Waals surface area (Å²) in [4.78, 5) is 14.2. The predicted octanol–water partition coefficient (Wildman–Crippen LogP) is 4.45. The lowest BCUT2D eigenvalue weighted by atomic mass is 10.1. The second-order valence-electron chi connectivity index (χ2n) is 8.12. The molecule has 160 valence electrons. The van der Waals surface area contributed by atoms with Crippen molar-refractivity contribution < 1.29 is 0 Å². The minimum atomic E-state index is 0. The van der Waals surface area contributed by atoms with Crippen LogP contribution >= 0.6 is 23.7 Å². The van der Waals surface area contributed by atoms with Crippen LogP contribution in [0.4, 0.5) is 16.6 Å². The summed E-state index contributed by atoms with van der Waals surface area (Å²) < 4.78 is 0. The zero-order valence-electron chi connectivity index (χ0n) is 17.3. The highest BCUT2D eigenvalue weighted by Crippen LogP contribution is 2.37. The molecule has 9 heteroatoms. The molecular formula is C21H28ClN7S. The quantitative estimate of drug-likeness (QED) is 0.636. The number of hydrogen-bond acceptors (Lipinski definition) is 8. The number of aromatic nitrogens is 4. The van der Waals surface area contributed by atoms with E-state index < -0.39 is 0 Å². The molecule has 0 radical (unpaired) electrons. The van der Waals surface area contributed by atoms with E-state index >= 15 is 0 Å². The van der Waals surface area contributed by atoms with Gasteiger partial charge in [-0.25, -0.2) is 4.98 Å². The van der Waals surface area contributed by atoms with Crippen LogP contribution in [0.3, 0.4) is 0 Å². The topological polar surface area (TPSA) is 70.1 Å². The van der Waals surface area contributed by atoms with Gasteiger partial charge in [-0.2, -0.15) is 0 Å². The van der Waals surface area contributed by atoms with Crippen molar-refractivity contribution in [3.05, 3.63) is 29.4 Å². The van der Waals surface area contributed by atoms with E-state index in [1.54, 1.807) is 11.3 Å². The third-order valence-corrected chi connectivity index (χ3v) is 6.99. The van der Waals surface area contributed by atoms with E-state index in [1.807, 2.05) is 18.3 Å². The summed E-state index contributed by atoms with van der Waals surface area (Å²) >= 11 is 1.66. The predicted molar refractivity (Wildman–Crippen MR) is 126 cm³/mol. The molecule has 4 heterocycles. The highest BCUT2D eigenvalue weighted by Gasteiger charge is 2.21. The maximum Gasteiger partial charge on any atom is 0.211 e. The molecule has 1 N–H and O–H groups in total. The van der Waals surface area contributed by atoms with Gasteiger partial charge in [0.1, 0.15) is 10.8 Å². The molecule has 30 heavy (non-hydrogen) atoms. The molecule has 0 aromatic carbocycles. The largest absolute Gasteiger partial charge is 0.369 e. The van der Waals surface area contributed by atoms with Crippen molar-refractivity contribution >= 4 is 51.4 Å². The van der Waals surface area contributed by atoms with Crippen LogP contribution in [0.2, 0.25) is 0 Å². The van der Waals surface area contributed by atoms with Gasteiger partial charge in [-0.15, -0.1) is 22.6 Å². The summed E-state index contributed by atoms with van der Waals surface area (Å²) in [7, 11) is 2.19. The molecule has 0 amide bonds. The normalized spacial score (nSPS) is 18.4. The van der Waals surface area contributed by atoms with E-state index in [0.29, 0.717) is 5.92 Å². The summed E-state index contributed by atoms with van der Waals surface area (Å²) in [6, 6.07) is 6.14. The number of anilines is 3. The molecule has 1 saturated heterocycles. The van der Waals surface area contributed by atoms with E-state index in [9.17, 15) is 0 Å². The minimum Gasteiger partial charge on any atom is -0.369 e.